The molecule has 0 atom stereocenters. The summed E-state index contributed by atoms with van der Waals surface area (Å²) >= 11 is 5.63. The Hall–Kier alpha value is -0.850. The van der Waals surface area contributed by atoms with E-state index in [-0.39, 0.29) is 16.0 Å². The summed E-state index contributed by atoms with van der Waals surface area (Å²) in [7, 11) is -2.01. The third-order valence-electron chi connectivity index (χ3n) is 3.10. The van der Waals surface area contributed by atoms with Gasteiger partial charge in [-0.1, -0.05) is 18.0 Å². The fraction of sp³-hybridized carbons (Fsp3) is 0.500. The van der Waals surface area contributed by atoms with Crippen molar-refractivity contribution in [3.8, 4) is 0 Å². The normalized spacial score (nSPS) is 17.1. The second-order valence-electron chi connectivity index (χ2n) is 4.12. The third kappa shape index (κ3) is 2.25. The van der Waals surface area contributed by atoms with Crippen molar-refractivity contribution in [3.05, 3.63) is 27.6 Å². The fourth-order valence-electron chi connectivity index (χ4n) is 1.70. The molecule has 1 saturated carbocycles. The van der Waals surface area contributed by atoms with Crippen molar-refractivity contribution in [2.75, 3.05) is 7.05 Å². The Labute approximate surface area is 104 Å². The Balaban J connectivity index is 2.36. The standard InChI is InChI=1S/C10H13ClN2O3S/c1-13(7-3-2-4-7)17(15,16)8-5-9(11)10(14)12-6-8/h5-7H,2-4H2,1H3,(H,12,14). The number of aromatic nitrogens is 1. The molecule has 1 aromatic rings. The van der Waals surface area contributed by atoms with Gasteiger partial charge < -0.3 is 4.98 Å². The van der Waals surface area contributed by atoms with Crippen molar-refractivity contribution in [1.82, 2.24) is 9.29 Å². The zero-order valence-corrected chi connectivity index (χ0v) is 10.9. The van der Waals surface area contributed by atoms with Gasteiger partial charge in [-0.3, -0.25) is 4.79 Å². The molecule has 1 N–H and O–H groups in total. The van der Waals surface area contributed by atoms with Crippen LogP contribution in [-0.2, 0) is 10.0 Å². The number of nitrogens with one attached hydrogen (secondary N) is 1. The van der Waals surface area contributed by atoms with Gasteiger partial charge in [0.15, 0.2) is 0 Å². The minimum absolute atomic E-state index is 0.0245. The van der Waals surface area contributed by atoms with Gasteiger partial charge in [0.1, 0.15) is 5.02 Å². The van der Waals surface area contributed by atoms with E-state index in [1.807, 2.05) is 0 Å². The van der Waals surface area contributed by atoms with Crippen LogP contribution in [0.3, 0.4) is 0 Å². The van der Waals surface area contributed by atoms with Crippen LogP contribution in [0.4, 0.5) is 0 Å². The molecule has 1 fully saturated rings. The van der Waals surface area contributed by atoms with Crippen molar-refractivity contribution in [3.63, 3.8) is 0 Å². The molecule has 0 radical (unpaired) electrons. The highest BCUT2D eigenvalue weighted by atomic mass is 35.5. The molecule has 0 amide bonds. The maximum Gasteiger partial charge on any atom is 0.266 e. The monoisotopic (exact) mass is 276 g/mol. The van der Waals surface area contributed by atoms with Crippen molar-refractivity contribution >= 4 is 21.6 Å². The molecule has 0 aromatic carbocycles. The Morgan fingerprint density at radius 2 is 2.12 bits per heavy atom. The van der Waals surface area contributed by atoms with Crippen LogP contribution in [0.25, 0.3) is 0 Å². The van der Waals surface area contributed by atoms with E-state index in [1.165, 1.54) is 16.6 Å². The second-order valence-corrected chi connectivity index (χ2v) is 6.52. The van der Waals surface area contributed by atoms with Crippen LogP contribution in [0.2, 0.25) is 5.02 Å². The van der Waals surface area contributed by atoms with Crippen LogP contribution in [0, 0.1) is 0 Å². The van der Waals surface area contributed by atoms with E-state index in [9.17, 15) is 13.2 Å². The van der Waals surface area contributed by atoms with Crippen LogP contribution in [0.5, 0.6) is 0 Å². The van der Waals surface area contributed by atoms with Gasteiger partial charge in [-0.25, -0.2) is 8.42 Å². The smallest absolute Gasteiger partial charge is 0.266 e. The Morgan fingerprint density at radius 3 is 2.59 bits per heavy atom. The lowest BCUT2D eigenvalue weighted by Gasteiger charge is -2.33. The van der Waals surface area contributed by atoms with Gasteiger partial charge in [0, 0.05) is 19.3 Å². The third-order valence-corrected chi connectivity index (χ3v) is 5.27. The summed E-state index contributed by atoms with van der Waals surface area (Å²) in [5, 5.41) is -0.118. The molecule has 0 unspecified atom stereocenters. The topological polar surface area (TPSA) is 70.2 Å². The summed E-state index contributed by atoms with van der Waals surface area (Å²) in [6, 6.07) is 1.25. The van der Waals surface area contributed by atoms with Crippen molar-refractivity contribution in [2.24, 2.45) is 0 Å². The van der Waals surface area contributed by atoms with Crippen LogP contribution >= 0.6 is 11.6 Å². The molecular weight excluding hydrogens is 264 g/mol. The first kappa shape index (κ1) is 12.6. The molecule has 1 heterocycles. The fourth-order valence-corrected chi connectivity index (χ4v) is 3.35. The number of hydrogen-bond acceptors (Lipinski definition) is 3. The molecule has 0 spiro atoms. The molecule has 0 saturated heterocycles. The molecule has 7 heteroatoms. The number of aromatic amines is 1. The number of pyridine rings is 1. The van der Waals surface area contributed by atoms with E-state index in [0.717, 1.165) is 19.3 Å². The van der Waals surface area contributed by atoms with E-state index in [4.69, 9.17) is 11.6 Å². The maximum atomic E-state index is 12.2. The van der Waals surface area contributed by atoms with E-state index in [1.54, 1.807) is 7.05 Å². The van der Waals surface area contributed by atoms with Gasteiger partial charge >= 0.3 is 0 Å². The second kappa shape index (κ2) is 4.44. The number of halogens is 1. The quantitative estimate of drug-likeness (QED) is 0.902. The molecule has 0 bridgehead atoms. The Morgan fingerprint density at radius 1 is 1.47 bits per heavy atom. The van der Waals surface area contributed by atoms with E-state index >= 15 is 0 Å². The van der Waals surface area contributed by atoms with Crippen molar-refractivity contribution in [2.45, 2.75) is 30.2 Å². The number of H-pyrrole nitrogens is 1. The highest BCUT2D eigenvalue weighted by Gasteiger charge is 2.32. The van der Waals surface area contributed by atoms with Crippen LogP contribution in [0.1, 0.15) is 19.3 Å². The van der Waals surface area contributed by atoms with Gasteiger partial charge in [0.2, 0.25) is 10.0 Å². The summed E-state index contributed by atoms with van der Waals surface area (Å²) < 4.78 is 25.7. The van der Waals surface area contributed by atoms with E-state index < -0.39 is 15.6 Å². The summed E-state index contributed by atoms with van der Waals surface area (Å²) in [6.07, 6.45) is 4.00. The van der Waals surface area contributed by atoms with Gasteiger partial charge in [-0.15, -0.1) is 0 Å². The highest BCUT2D eigenvalue weighted by Crippen LogP contribution is 2.28. The first-order chi connectivity index (χ1) is 7.93. The molecule has 1 aliphatic rings. The largest absolute Gasteiger partial charge is 0.326 e. The van der Waals surface area contributed by atoms with E-state index in [2.05, 4.69) is 4.98 Å². The predicted molar refractivity (Wildman–Crippen MR) is 64.7 cm³/mol. The molecule has 2 rings (SSSR count). The average molecular weight is 277 g/mol. The maximum absolute atomic E-state index is 12.2. The molecule has 17 heavy (non-hydrogen) atoms. The van der Waals surface area contributed by atoms with Gasteiger partial charge in [-0.05, 0) is 18.9 Å². The SMILES string of the molecule is CN(C1CCC1)S(=O)(=O)c1c[nH]c(=O)c(Cl)c1. The molecule has 94 valence electrons. The molecular formula is C10H13ClN2O3S. The number of sulfonamides is 1. The summed E-state index contributed by atoms with van der Waals surface area (Å²) in [5.41, 5.74) is -0.489. The first-order valence-corrected chi connectivity index (χ1v) is 7.11. The molecule has 0 aliphatic heterocycles. The summed E-state index contributed by atoms with van der Waals surface area (Å²) in [6.45, 7) is 0. The Kier molecular flexibility index (Phi) is 3.29. The van der Waals surface area contributed by atoms with Gasteiger partial charge in [-0.2, -0.15) is 4.31 Å². The zero-order valence-electron chi connectivity index (χ0n) is 9.31. The number of rotatable bonds is 3. The number of nitrogens with zero attached hydrogens (tertiary/aromatic N) is 1. The Bertz CT molecular complexity index is 577. The molecule has 1 aliphatic carbocycles. The summed E-state index contributed by atoms with van der Waals surface area (Å²) in [4.78, 5) is 13.4. The van der Waals surface area contributed by atoms with Gasteiger partial charge in [0.05, 0.1) is 4.90 Å². The lowest BCUT2D eigenvalue weighted by molar-refractivity contribution is 0.249. The lowest BCUT2D eigenvalue weighted by atomic mass is 9.94. The first-order valence-electron chi connectivity index (χ1n) is 5.29. The van der Waals surface area contributed by atoms with Crippen LogP contribution < -0.4 is 5.56 Å². The summed E-state index contributed by atoms with van der Waals surface area (Å²) in [5.74, 6) is 0. The predicted octanol–water partition coefficient (Wildman–Crippen LogP) is 1.20. The minimum atomic E-state index is -3.56. The number of hydrogen-bond donors (Lipinski definition) is 1. The van der Waals surface area contributed by atoms with Crippen molar-refractivity contribution in [1.29, 1.82) is 0 Å². The van der Waals surface area contributed by atoms with Crippen LogP contribution in [0.15, 0.2) is 22.0 Å². The molecule has 5 nitrogen and oxygen atoms in total. The minimum Gasteiger partial charge on any atom is -0.326 e. The lowest BCUT2D eigenvalue weighted by Crippen LogP contribution is -2.41. The van der Waals surface area contributed by atoms with Crippen LogP contribution in [-0.4, -0.2) is 30.8 Å². The van der Waals surface area contributed by atoms with E-state index in [0.29, 0.717) is 0 Å². The van der Waals surface area contributed by atoms with Gasteiger partial charge in [0.25, 0.3) is 5.56 Å². The molecule has 1 aromatic heterocycles. The zero-order chi connectivity index (χ0) is 12.6. The average Bonchev–Trinajstić information content (AvgIpc) is 2.19. The highest BCUT2D eigenvalue weighted by molar-refractivity contribution is 7.89. The van der Waals surface area contributed by atoms with Crippen molar-refractivity contribution < 1.29 is 8.42 Å².